The van der Waals surface area contributed by atoms with E-state index in [2.05, 4.69) is 32.8 Å². The van der Waals surface area contributed by atoms with Crippen molar-refractivity contribution in [1.29, 1.82) is 0 Å². The zero-order chi connectivity index (χ0) is 19.6. The zero-order valence-corrected chi connectivity index (χ0v) is 18.0. The molecule has 0 amide bonds. The molecule has 1 unspecified atom stereocenters. The molecule has 0 saturated carbocycles. The first kappa shape index (κ1) is 27.3. The standard InChI is InChI=1S/C19H41N.H3O4P/c1-5-7-9-11-12-13-14-16-18-19(20(3)4)17-15-10-8-6-2;1-5(2,3)4/h19H,5-18H2,1-4H3;(H3,1,2,3,4). The van der Waals surface area contributed by atoms with Crippen molar-refractivity contribution < 1.29 is 19.2 Å². The second kappa shape index (κ2) is 18.8. The van der Waals surface area contributed by atoms with E-state index in [1.54, 1.807) is 0 Å². The summed E-state index contributed by atoms with van der Waals surface area (Å²) in [6.07, 6.45) is 19.9. The molecule has 0 heterocycles. The van der Waals surface area contributed by atoms with Crippen LogP contribution in [0, 0.1) is 0 Å². The monoisotopic (exact) mass is 381 g/mol. The van der Waals surface area contributed by atoms with Crippen LogP contribution in [0.4, 0.5) is 0 Å². The van der Waals surface area contributed by atoms with E-state index < -0.39 is 7.82 Å². The fraction of sp³-hybridized carbons (Fsp3) is 1.00. The molecule has 0 saturated heterocycles. The van der Waals surface area contributed by atoms with Gasteiger partial charge in [-0.05, 0) is 26.9 Å². The number of phosphoric acid groups is 1. The van der Waals surface area contributed by atoms with E-state index in [1.807, 2.05) is 0 Å². The van der Waals surface area contributed by atoms with Crippen molar-refractivity contribution in [3.8, 4) is 0 Å². The highest BCUT2D eigenvalue weighted by Gasteiger charge is 2.10. The van der Waals surface area contributed by atoms with Crippen LogP contribution < -0.4 is 0 Å². The molecule has 6 heteroatoms. The Hall–Kier alpha value is 0.0700. The molecule has 0 aliphatic rings. The van der Waals surface area contributed by atoms with Gasteiger partial charge in [-0.3, -0.25) is 0 Å². The molecule has 0 aromatic heterocycles. The highest BCUT2D eigenvalue weighted by atomic mass is 31.2. The molecule has 3 N–H and O–H groups in total. The third-order valence-corrected chi connectivity index (χ3v) is 4.51. The van der Waals surface area contributed by atoms with Crippen LogP contribution >= 0.6 is 7.82 Å². The molecule has 0 aliphatic carbocycles. The number of unbranched alkanes of at least 4 members (excludes halogenated alkanes) is 10. The molecule has 0 spiro atoms. The van der Waals surface area contributed by atoms with E-state index in [0.29, 0.717) is 0 Å². The van der Waals surface area contributed by atoms with Crippen LogP contribution in [0.2, 0.25) is 0 Å². The van der Waals surface area contributed by atoms with Gasteiger partial charge in [-0.2, -0.15) is 0 Å². The van der Waals surface area contributed by atoms with Gasteiger partial charge in [0.15, 0.2) is 0 Å². The van der Waals surface area contributed by atoms with Gasteiger partial charge in [-0.15, -0.1) is 0 Å². The van der Waals surface area contributed by atoms with E-state index in [1.165, 1.54) is 89.9 Å². The molecule has 154 valence electrons. The number of hydrogen-bond donors (Lipinski definition) is 3. The largest absolute Gasteiger partial charge is 0.466 e. The van der Waals surface area contributed by atoms with Crippen molar-refractivity contribution in [3.63, 3.8) is 0 Å². The summed E-state index contributed by atoms with van der Waals surface area (Å²) >= 11 is 0. The minimum atomic E-state index is -4.64. The summed E-state index contributed by atoms with van der Waals surface area (Å²) in [4.78, 5) is 24.0. The summed E-state index contributed by atoms with van der Waals surface area (Å²) in [7, 11) is -0.121. The van der Waals surface area contributed by atoms with Gasteiger partial charge < -0.3 is 19.6 Å². The summed E-state index contributed by atoms with van der Waals surface area (Å²) in [5.41, 5.74) is 0. The quantitative estimate of drug-likeness (QED) is 0.258. The lowest BCUT2D eigenvalue weighted by molar-refractivity contribution is 0.251. The van der Waals surface area contributed by atoms with Crippen LogP contribution in [-0.4, -0.2) is 39.7 Å². The molecule has 0 bridgehead atoms. The zero-order valence-electron chi connectivity index (χ0n) is 17.1. The Morgan fingerprint density at radius 3 is 1.28 bits per heavy atom. The minimum Gasteiger partial charge on any atom is -0.306 e. The maximum Gasteiger partial charge on any atom is 0.466 e. The topological polar surface area (TPSA) is 81.0 Å². The van der Waals surface area contributed by atoms with Gasteiger partial charge in [0.25, 0.3) is 0 Å². The van der Waals surface area contributed by atoms with Crippen LogP contribution in [0.25, 0.3) is 0 Å². The van der Waals surface area contributed by atoms with Crippen molar-refractivity contribution in [2.24, 2.45) is 0 Å². The van der Waals surface area contributed by atoms with Gasteiger partial charge in [0.05, 0.1) is 0 Å². The van der Waals surface area contributed by atoms with Gasteiger partial charge in [-0.1, -0.05) is 90.9 Å². The summed E-state index contributed by atoms with van der Waals surface area (Å²) in [5, 5.41) is 0. The summed E-state index contributed by atoms with van der Waals surface area (Å²) in [6, 6.07) is 0.826. The molecule has 5 nitrogen and oxygen atoms in total. The summed E-state index contributed by atoms with van der Waals surface area (Å²) in [5.74, 6) is 0. The Morgan fingerprint density at radius 2 is 0.960 bits per heavy atom. The first-order valence-electron chi connectivity index (χ1n) is 10.2. The van der Waals surface area contributed by atoms with E-state index >= 15 is 0 Å². The van der Waals surface area contributed by atoms with E-state index in [4.69, 9.17) is 19.2 Å². The molecular weight excluding hydrogens is 337 g/mol. The van der Waals surface area contributed by atoms with Crippen molar-refractivity contribution >= 4 is 7.82 Å². The average Bonchev–Trinajstić information content (AvgIpc) is 2.50. The second-order valence-corrected chi connectivity index (χ2v) is 8.27. The lowest BCUT2D eigenvalue weighted by Crippen LogP contribution is -2.27. The Labute approximate surface area is 156 Å². The van der Waals surface area contributed by atoms with Crippen LogP contribution in [-0.2, 0) is 4.57 Å². The van der Waals surface area contributed by atoms with E-state index in [-0.39, 0.29) is 0 Å². The molecule has 0 aromatic carbocycles. The number of nitrogens with zero attached hydrogens (tertiary/aromatic N) is 1. The molecule has 0 radical (unpaired) electrons. The predicted molar refractivity (Wildman–Crippen MR) is 108 cm³/mol. The molecule has 0 aliphatic heterocycles. The fourth-order valence-electron chi connectivity index (χ4n) is 2.98. The smallest absolute Gasteiger partial charge is 0.306 e. The average molecular weight is 382 g/mol. The Balaban J connectivity index is 0. The molecule has 25 heavy (non-hydrogen) atoms. The van der Waals surface area contributed by atoms with Crippen LogP contribution in [0.3, 0.4) is 0 Å². The minimum absolute atomic E-state index is 0.826. The Kier molecular flexibility index (Phi) is 20.6. The molecule has 0 fully saturated rings. The van der Waals surface area contributed by atoms with Gasteiger partial charge in [0.1, 0.15) is 0 Å². The molecular formula is C19H44NO4P. The van der Waals surface area contributed by atoms with Crippen molar-refractivity contribution in [2.75, 3.05) is 14.1 Å². The van der Waals surface area contributed by atoms with Gasteiger partial charge in [0.2, 0.25) is 0 Å². The first-order chi connectivity index (χ1) is 11.7. The molecule has 1 atom stereocenters. The number of rotatable bonds is 15. The van der Waals surface area contributed by atoms with Crippen molar-refractivity contribution in [2.45, 2.75) is 110 Å². The lowest BCUT2D eigenvalue weighted by atomic mass is 9.99. The Morgan fingerprint density at radius 1 is 0.680 bits per heavy atom. The number of hydrogen-bond acceptors (Lipinski definition) is 2. The van der Waals surface area contributed by atoms with Crippen molar-refractivity contribution in [3.05, 3.63) is 0 Å². The molecule has 0 aromatic rings. The summed E-state index contributed by atoms with van der Waals surface area (Å²) < 4.78 is 8.88. The SMILES string of the molecule is CCCCCCCCCCC(CCCCCC)N(C)C.O=P(O)(O)O. The van der Waals surface area contributed by atoms with Crippen LogP contribution in [0.1, 0.15) is 104 Å². The fourth-order valence-corrected chi connectivity index (χ4v) is 2.98. The highest BCUT2D eigenvalue weighted by Crippen LogP contribution is 2.25. The van der Waals surface area contributed by atoms with Gasteiger partial charge in [-0.25, -0.2) is 4.57 Å². The van der Waals surface area contributed by atoms with Gasteiger partial charge in [0, 0.05) is 6.04 Å². The second-order valence-electron chi connectivity index (χ2n) is 7.24. The third-order valence-electron chi connectivity index (χ3n) is 4.51. The summed E-state index contributed by atoms with van der Waals surface area (Å²) in [6.45, 7) is 4.59. The van der Waals surface area contributed by atoms with Crippen LogP contribution in [0.5, 0.6) is 0 Å². The highest BCUT2D eigenvalue weighted by molar-refractivity contribution is 7.45. The third kappa shape index (κ3) is 29.1. The van der Waals surface area contributed by atoms with Crippen molar-refractivity contribution in [1.82, 2.24) is 4.90 Å². The normalized spacial score (nSPS) is 12.8. The van der Waals surface area contributed by atoms with Gasteiger partial charge >= 0.3 is 7.82 Å². The molecule has 0 rings (SSSR count). The Bertz CT molecular complexity index is 300. The van der Waals surface area contributed by atoms with Crippen LogP contribution in [0.15, 0.2) is 0 Å². The maximum atomic E-state index is 8.88. The lowest BCUT2D eigenvalue weighted by Gasteiger charge is -2.24. The predicted octanol–water partition coefficient (Wildman–Crippen LogP) is 5.49. The van der Waals surface area contributed by atoms with E-state index in [9.17, 15) is 0 Å². The van der Waals surface area contributed by atoms with E-state index in [0.717, 1.165) is 6.04 Å². The maximum absolute atomic E-state index is 8.88. The first-order valence-corrected chi connectivity index (χ1v) is 11.7.